The van der Waals surface area contributed by atoms with E-state index in [1.165, 1.54) is 0 Å². The Balaban J connectivity index is 1.74. The molecule has 0 aromatic carbocycles. The maximum absolute atomic E-state index is 12.4. The van der Waals surface area contributed by atoms with Crippen LogP contribution in [0.4, 0.5) is 0 Å². The summed E-state index contributed by atoms with van der Waals surface area (Å²) in [6, 6.07) is 6.25. The summed E-state index contributed by atoms with van der Waals surface area (Å²) in [5.74, 6) is 0.610. The maximum atomic E-state index is 12.4. The molecule has 1 unspecified atom stereocenters. The summed E-state index contributed by atoms with van der Waals surface area (Å²) in [5.41, 5.74) is 2.16. The Kier molecular flexibility index (Phi) is 5.48. The van der Waals surface area contributed by atoms with Gasteiger partial charge in [0.05, 0.1) is 17.9 Å². The molecule has 134 valence electrons. The number of aryl methyl sites for hydroxylation is 1. The molecule has 0 spiro atoms. The van der Waals surface area contributed by atoms with Crippen molar-refractivity contribution in [2.75, 3.05) is 13.1 Å². The molecule has 1 N–H and O–H groups in total. The molecule has 0 aliphatic carbocycles. The van der Waals surface area contributed by atoms with Gasteiger partial charge in [-0.3, -0.25) is 14.5 Å². The fourth-order valence-electron chi connectivity index (χ4n) is 3.72. The molecule has 6 nitrogen and oxygen atoms in total. The van der Waals surface area contributed by atoms with E-state index in [-0.39, 0.29) is 18.0 Å². The molecule has 1 amide bonds. The van der Waals surface area contributed by atoms with Gasteiger partial charge in [0, 0.05) is 50.6 Å². The van der Waals surface area contributed by atoms with Crippen LogP contribution in [0.3, 0.4) is 0 Å². The summed E-state index contributed by atoms with van der Waals surface area (Å²) in [5, 5.41) is 7.92. The first kappa shape index (κ1) is 17.6. The molecule has 1 aliphatic heterocycles. The van der Waals surface area contributed by atoms with Gasteiger partial charge < -0.3 is 10.2 Å². The number of hydrogen-bond donors (Lipinski definition) is 1. The third-order valence-corrected chi connectivity index (χ3v) is 5.06. The maximum Gasteiger partial charge on any atom is 0.223 e. The third kappa shape index (κ3) is 3.90. The molecular formula is C19H27N5O. The van der Waals surface area contributed by atoms with Crippen LogP contribution in [0, 0.1) is 5.92 Å². The molecule has 1 saturated heterocycles. The normalized spacial score (nSPS) is 22.2. The first-order valence-corrected chi connectivity index (χ1v) is 9.02. The second-order valence-electron chi connectivity index (χ2n) is 6.76. The van der Waals surface area contributed by atoms with Gasteiger partial charge >= 0.3 is 0 Å². The SMILES string of the molecule is CCN1C(=O)CC[C@H](CNC(C)c2ccccn2)[C@H]1c1cnn(C)c1. The monoisotopic (exact) mass is 341 g/mol. The molecule has 2 aromatic rings. The fraction of sp³-hybridized carbons (Fsp3) is 0.526. The summed E-state index contributed by atoms with van der Waals surface area (Å²) in [4.78, 5) is 18.8. The highest BCUT2D eigenvalue weighted by Gasteiger charge is 2.36. The molecule has 0 radical (unpaired) electrons. The lowest BCUT2D eigenvalue weighted by atomic mass is 9.85. The lowest BCUT2D eigenvalue weighted by Crippen LogP contribution is -2.45. The Morgan fingerprint density at radius 2 is 2.24 bits per heavy atom. The van der Waals surface area contributed by atoms with Crippen molar-refractivity contribution in [1.82, 2.24) is 25.0 Å². The zero-order valence-electron chi connectivity index (χ0n) is 15.2. The van der Waals surface area contributed by atoms with E-state index in [4.69, 9.17) is 0 Å². The van der Waals surface area contributed by atoms with Crippen LogP contribution < -0.4 is 5.32 Å². The highest BCUT2D eigenvalue weighted by molar-refractivity contribution is 5.77. The highest BCUT2D eigenvalue weighted by atomic mass is 16.2. The predicted octanol–water partition coefficient (Wildman–Crippen LogP) is 2.47. The number of pyridine rings is 1. The highest BCUT2D eigenvalue weighted by Crippen LogP contribution is 2.36. The van der Waals surface area contributed by atoms with Crippen LogP contribution in [-0.4, -0.2) is 38.7 Å². The van der Waals surface area contributed by atoms with Crippen LogP contribution in [-0.2, 0) is 11.8 Å². The Labute approximate surface area is 149 Å². The van der Waals surface area contributed by atoms with Crippen LogP contribution in [0.25, 0.3) is 0 Å². The molecule has 25 heavy (non-hydrogen) atoms. The Bertz CT molecular complexity index is 699. The van der Waals surface area contributed by atoms with Crippen LogP contribution in [0.2, 0.25) is 0 Å². The van der Waals surface area contributed by atoms with Crippen molar-refractivity contribution >= 4 is 5.91 Å². The number of nitrogens with one attached hydrogen (secondary N) is 1. The van der Waals surface area contributed by atoms with Crippen LogP contribution in [0.1, 0.15) is 50.0 Å². The van der Waals surface area contributed by atoms with Gasteiger partial charge in [0.25, 0.3) is 0 Å². The van der Waals surface area contributed by atoms with Gasteiger partial charge in [0.1, 0.15) is 0 Å². The molecule has 6 heteroatoms. The molecule has 1 aliphatic rings. The lowest BCUT2D eigenvalue weighted by Gasteiger charge is -2.41. The minimum absolute atomic E-state index is 0.0865. The first-order valence-electron chi connectivity index (χ1n) is 9.02. The van der Waals surface area contributed by atoms with Crippen molar-refractivity contribution in [1.29, 1.82) is 0 Å². The van der Waals surface area contributed by atoms with Gasteiger partial charge in [-0.15, -0.1) is 0 Å². The van der Waals surface area contributed by atoms with E-state index in [1.54, 1.807) is 0 Å². The van der Waals surface area contributed by atoms with Gasteiger partial charge in [0.2, 0.25) is 5.91 Å². The van der Waals surface area contributed by atoms with Crippen molar-refractivity contribution in [3.8, 4) is 0 Å². The summed E-state index contributed by atoms with van der Waals surface area (Å²) in [6.07, 6.45) is 7.26. The smallest absolute Gasteiger partial charge is 0.223 e. The molecule has 2 aromatic heterocycles. The van der Waals surface area contributed by atoms with E-state index < -0.39 is 0 Å². The molecule has 1 fully saturated rings. The Morgan fingerprint density at radius 3 is 2.88 bits per heavy atom. The fourth-order valence-corrected chi connectivity index (χ4v) is 3.72. The number of carbonyl (C=O) groups is 1. The number of hydrogen-bond acceptors (Lipinski definition) is 4. The van der Waals surface area contributed by atoms with Gasteiger partial charge in [-0.1, -0.05) is 6.07 Å². The Hall–Kier alpha value is -2.21. The average molecular weight is 341 g/mol. The molecule has 3 heterocycles. The second-order valence-corrected chi connectivity index (χ2v) is 6.76. The van der Waals surface area contributed by atoms with Gasteiger partial charge in [-0.25, -0.2) is 0 Å². The van der Waals surface area contributed by atoms with Crippen molar-refractivity contribution in [3.05, 3.63) is 48.0 Å². The number of rotatable bonds is 6. The van der Waals surface area contributed by atoms with Crippen molar-refractivity contribution in [2.45, 2.75) is 38.8 Å². The van der Waals surface area contributed by atoms with Gasteiger partial charge in [0.15, 0.2) is 0 Å². The van der Waals surface area contributed by atoms with Crippen molar-refractivity contribution < 1.29 is 4.79 Å². The predicted molar refractivity (Wildman–Crippen MR) is 96.7 cm³/mol. The zero-order valence-corrected chi connectivity index (χ0v) is 15.2. The number of nitrogens with zero attached hydrogens (tertiary/aromatic N) is 4. The van der Waals surface area contributed by atoms with Crippen molar-refractivity contribution in [2.24, 2.45) is 13.0 Å². The van der Waals surface area contributed by atoms with Crippen LogP contribution >= 0.6 is 0 Å². The van der Waals surface area contributed by atoms with Crippen LogP contribution in [0.5, 0.6) is 0 Å². The number of carbonyl (C=O) groups excluding carboxylic acids is 1. The third-order valence-electron chi connectivity index (χ3n) is 5.06. The van der Waals surface area contributed by atoms with Crippen molar-refractivity contribution in [3.63, 3.8) is 0 Å². The molecule has 0 bridgehead atoms. The van der Waals surface area contributed by atoms with E-state index in [0.29, 0.717) is 12.3 Å². The first-order chi connectivity index (χ1) is 12.1. The van der Waals surface area contributed by atoms with E-state index in [2.05, 4.69) is 22.3 Å². The number of amides is 1. The molecule has 0 saturated carbocycles. The second kappa shape index (κ2) is 7.78. The Morgan fingerprint density at radius 1 is 1.40 bits per heavy atom. The largest absolute Gasteiger partial charge is 0.335 e. The lowest BCUT2D eigenvalue weighted by molar-refractivity contribution is -0.138. The van der Waals surface area contributed by atoms with Gasteiger partial charge in [-0.05, 0) is 38.3 Å². The number of aromatic nitrogens is 3. The summed E-state index contributed by atoms with van der Waals surface area (Å²) < 4.78 is 1.81. The van der Waals surface area contributed by atoms with E-state index in [0.717, 1.165) is 30.8 Å². The summed E-state index contributed by atoms with van der Waals surface area (Å²) in [7, 11) is 1.92. The number of likely N-dealkylation sites (tertiary alicyclic amines) is 1. The summed E-state index contributed by atoms with van der Waals surface area (Å²) >= 11 is 0. The molecule has 3 rings (SSSR count). The average Bonchev–Trinajstić information content (AvgIpc) is 3.06. The minimum atomic E-state index is 0.0865. The zero-order chi connectivity index (χ0) is 17.8. The van der Waals surface area contributed by atoms with Crippen LogP contribution in [0.15, 0.2) is 36.8 Å². The summed E-state index contributed by atoms with van der Waals surface area (Å²) in [6.45, 7) is 5.76. The number of piperidine rings is 1. The molecule has 3 atom stereocenters. The van der Waals surface area contributed by atoms with E-state index in [9.17, 15) is 4.79 Å². The standard InChI is InChI=1S/C19H27N5O/c1-4-24-18(25)9-8-15(19(24)16-12-22-23(3)13-16)11-21-14(2)17-7-5-6-10-20-17/h5-7,10,12-15,19,21H,4,8-9,11H2,1-3H3/t14?,15-,19+/m1/s1. The molecular weight excluding hydrogens is 314 g/mol. The minimum Gasteiger partial charge on any atom is -0.335 e. The van der Waals surface area contributed by atoms with E-state index >= 15 is 0 Å². The van der Waals surface area contributed by atoms with Gasteiger partial charge in [-0.2, -0.15) is 5.10 Å². The quantitative estimate of drug-likeness (QED) is 0.877. The van der Waals surface area contributed by atoms with E-state index in [1.807, 2.05) is 60.3 Å². The topological polar surface area (TPSA) is 63.1 Å².